The van der Waals surface area contributed by atoms with Crippen molar-refractivity contribution < 1.29 is 4.74 Å². The summed E-state index contributed by atoms with van der Waals surface area (Å²) in [5.74, 6) is 1.67. The van der Waals surface area contributed by atoms with E-state index in [0.717, 1.165) is 25.4 Å². The number of benzene rings is 1. The number of aryl methyl sites for hydroxylation is 1. The normalized spacial score (nSPS) is 24.1. The molecular formula is C17H28N2O. The molecule has 1 aliphatic heterocycles. The van der Waals surface area contributed by atoms with Crippen LogP contribution in [0.5, 0.6) is 5.75 Å². The Morgan fingerprint density at radius 3 is 2.80 bits per heavy atom. The summed E-state index contributed by atoms with van der Waals surface area (Å²) in [5, 5.41) is 3.65. The predicted octanol–water partition coefficient (Wildman–Crippen LogP) is 2.82. The highest BCUT2D eigenvalue weighted by Crippen LogP contribution is 2.24. The molecule has 0 radical (unpaired) electrons. The van der Waals surface area contributed by atoms with Gasteiger partial charge in [-0.3, -0.25) is 4.90 Å². The van der Waals surface area contributed by atoms with Gasteiger partial charge in [0.25, 0.3) is 0 Å². The molecule has 1 fully saturated rings. The van der Waals surface area contributed by atoms with Gasteiger partial charge >= 0.3 is 0 Å². The Kier molecular flexibility index (Phi) is 5.06. The molecule has 0 amide bonds. The van der Waals surface area contributed by atoms with E-state index in [1.165, 1.54) is 11.1 Å². The van der Waals surface area contributed by atoms with Crippen molar-refractivity contribution in [1.82, 2.24) is 10.2 Å². The van der Waals surface area contributed by atoms with Crippen LogP contribution in [0, 0.1) is 12.8 Å². The number of ether oxygens (including phenoxy) is 1. The lowest BCUT2D eigenvalue weighted by Gasteiger charge is -2.40. The van der Waals surface area contributed by atoms with Crippen LogP contribution in [0.1, 0.15) is 31.9 Å². The third-order valence-electron chi connectivity index (χ3n) is 4.34. The highest BCUT2D eigenvalue weighted by molar-refractivity contribution is 5.36. The number of rotatable bonds is 4. The highest BCUT2D eigenvalue weighted by atomic mass is 16.5. The van der Waals surface area contributed by atoms with Crippen molar-refractivity contribution in [3.8, 4) is 5.75 Å². The molecule has 2 unspecified atom stereocenters. The minimum Gasteiger partial charge on any atom is -0.496 e. The Labute approximate surface area is 123 Å². The Morgan fingerprint density at radius 1 is 1.40 bits per heavy atom. The molecule has 3 nitrogen and oxygen atoms in total. The monoisotopic (exact) mass is 276 g/mol. The second-order valence-electron chi connectivity index (χ2n) is 6.35. The molecular weight excluding hydrogens is 248 g/mol. The zero-order valence-electron chi connectivity index (χ0n) is 13.4. The zero-order valence-corrected chi connectivity index (χ0v) is 13.4. The van der Waals surface area contributed by atoms with Crippen LogP contribution in [-0.4, -0.2) is 37.2 Å². The van der Waals surface area contributed by atoms with Gasteiger partial charge in [-0.05, 0) is 25.8 Å². The summed E-state index contributed by atoms with van der Waals surface area (Å²) < 4.78 is 5.51. The van der Waals surface area contributed by atoms with Crippen LogP contribution >= 0.6 is 0 Å². The van der Waals surface area contributed by atoms with E-state index >= 15 is 0 Å². The van der Waals surface area contributed by atoms with Crippen molar-refractivity contribution >= 4 is 0 Å². The van der Waals surface area contributed by atoms with E-state index in [0.29, 0.717) is 18.0 Å². The van der Waals surface area contributed by atoms with Crippen LogP contribution in [0.25, 0.3) is 0 Å². The topological polar surface area (TPSA) is 24.5 Å². The third kappa shape index (κ3) is 3.53. The first-order valence-electron chi connectivity index (χ1n) is 7.62. The van der Waals surface area contributed by atoms with Crippen molar-refractivity contribution in [2.24, 2.45) is 5.92 Å². The lowest BCUT2D eigenvalue weighted by molar-refractivity contribution is 0.115. The van der Waals surface area contributed by atoms with Crippen LogP contribution in [-0.2, 0) is 6.54 Å². The fourth-order valence-electron chi connectivity index (χ4n) is 2.86. The summed E-state index contributed by atoms with van der Waals surface area (Å²) in [6.45, 7) is 12.2. The Hall–Kier alpha value is -1.06. The van der Waals surface area contributed by atoms with Gasteiger partial charge in [0.15, 0.2) is 0 Å². The van der Waals surface area contributed by atoms with Crippen LogP contribution in [0.3, 0.4) is 0 Å². The molecule has 0 aliphatic carbocycles. The minimum atomic E-state index is 0.565. The molecule has 0 aromatic heterocycles. The molecule has 1 aromatic carbocycles. The molecule has 1 heterocycles. The van der Waals surface area contributed by atoms with Crippen LogP contribution in [0.2, 0.25) is 0 Å². The molecule has 1 aromatic rings. The molecule has 1 aliphatic rings. The number of methoxy groups -OCH3 is 1. The predicted molar refractivity (Wildman–Crippen MR) is 84.2 cm³/mol. The van der Waals surface area contributed by atoms with Gasteiger partial charge in [0, 0.05) is 37.3 Å². The van der Waals surface area contributed by atoms with Gasteiger partial charge in [-0.1, -0.05) is 31.5 Å². The van der Waals surface area contributed by atoms with Crippen molar-refractivity contribution in [2.75, 3.05) is 20.2 Å². The maximum atomic E-state index is 5.51. The van der Waals surface area contributed by atoms with Crippen LogP contribution in [0.15, 0.2) is 18.2 Å². The van der Waals surface area contributed by atoms with Gasteiger partial charge in [-0.15, -0.1) is 0 Å². The van der Waals surface area contributed by atoms with Gasteiger partial charge in [0.2, 0.25) is 0 Å². The largest absolute Gasteiger partial charge is 0.496 e. The molecule has 1 saturated heterocycles. The Balaban J connectivity index is 2.13. The van der Waals surface area contributed by atoms with E-state index in [-0.39, 0.29) is 0 Å². The summed E-state index contributed by atoms with van der Waals surface area (Å²) >= 11 is 0. The maximum absolute atomic E-state index is 5.51. The van der Waals surface area contributed by atoms with Crippen molar-refractivity contribution in [2.45, 2.75) is 46.3 Å². The number of hydrogen-bond donors (Lipinski definition) is 1. The summed E-state index contributed by atoms with van der Waals surface area (Å²) in [4.78, 5) is 2.57. The molecule has 0 saturated carbocycles. The van der Waals surface area contributed by atoms with Gasteiger partial charge in [-0.2, -0.15) is 0 Å². The van der Waals surface area contributed by atoms with Crippen molar-refractivity contribution in [3.63, 3.8) is 0 Å². The van der Waals surface area contributed by atoms with Crippen LogP contribution < -0.4 is 10.1 Å². The zero-order chi connectivity index (χ0) is 14.7. The molecule has 20 heavy (non-hydrogen) atoms. The Bertz CT molecular complexity index is 445. The van der Waals surface area contributed by atoms with E-state index in [9.17, 15) is 0 Å². The number of nitrogens with zero attached hydrogens (tertiary/aromatic N) is 1. The molecule has 2 atom stereocenters. The number of hydrogen-bond acceptors (Lipinski definition) is 3. The molecule has 1 N–H and O–H groups in total. The molecule has 3 heteroatoms. The van der Waals surface area contributed by atoms with Crippen LogP contribution in [0.4, 0.5) is 0 Å². The van der Waals surface area contributed by atoms with Gasteiger partial charge < -0.3 is 10.1 Å². The summed E-state index contributed by atoms with van der Waals surface area (Å²) in [5.41, 5.74) is 2.59. The molecule has 2 rings (SSSR count). The minimum absolute atomic E-state index is 0.565. The first kappa shape index (κ1) is 15.3. The van der Waals surface area contributed by atoms with E-state index in [2.05, 4.69) is 56.1 Å². The quantitative estimate of drug-likeness (QED) is 0.915. The highest BCUT2D eigenvalue weighted by Gasteiger charge is 2.27. The average Bonchev–Trinajstić information content (AvgIpc) is 2.41. The number of piperazine rings is 1. The third-order valence-corrected chi connectivity index (χ3v) is 4.34. The number of nitrogens with one attached hydrogen (secondary N) is 1. The summed E-state index contributed by atoms with van der Waals surface area (Å²) in [6, 6.07) is 7.59. The molecule has 112 valence electrons. The second-order valence-corrected chi connectivity index (χ2v) is 6.35. The van der Waals surface area contributed by atoms with E-state index < -0.39 is 0 Å². The fourth-order valence-corrected chi connectivity index (χ4v) is 2.86. The van der Waals surface area contributed by atoms with E-state index in [1.54, 1.807) is 7.11 Å². The van der Waals surface area contributed by atoms with Crippen molar-refractivity contribution in [1.29, 1.82) is 0 Å². The SMILES string of the molecule is COc1ccc(C)cc1CN1CC(C(C)C)NCC1C. The fraction of sp³-hybridized carbons (Fsp3) is 0.647. The maximum Gasteiger partial charge on any atom is 0.123 e. The Morgan fingerprint density at radius 2 is 2.15 bits per heavy atom. The average molecular weight is 276 g/mol. The standard InChI is InChI=1S/C17H28N2O/c1-12(2)16-11-19(14(4)9-18-16)10-15-8-13(3)6-7-17(15)20-5/h6-8,12,14,16,18H,9-11H2,1-5H3. The lowest BCUT2D eigenvalue weighted by atomic mass is 9.99. The lowest BCUT2D eigenvalue weighted by Crippen LogP contribution is -2.56. The van der Waals surface area contributed by atoms with Gasteiger partial charge in [0.1, 0.15) is 5.75 Å². The molecule has 0 bridgehead atoms. The van der Waals surface area contributed by atoms with Gasteiger partial charge in [0.05, 0.1) is 7.11 Å². The van der Waals surface area contributed by atoms with E-state index in [4.69, 9.17) is 4.74 Å². The summed E-state index contributed by atoms with van der Waals surface area (Å²) in [6.07, 6.45) is 0. The second kappa shape index (κ2) is 6.59. The summed E-state index contributed by atoms with van der Waals surface area (Å²) in [7, 11) is 1.76. The van der Waals surface area contributed by atoms with Crippen molar-refractivity contribution in [3.05, 3.63) is 29.3 Å². The first-order valence-corrected chi connectivity index (χ1v) is 7.62. The smallest absolute Gasteiger partial charge is 0.123 e. The van der Waals surface area contributed by atoms with E-state index in [1.807, 2.05) is 0 Å². The van der Waals surface area contributed by atoms with Gasteiger partial charge in [-0.25, -0.2) is 0 Å². The molecule has 0 spiro atoms. The first-order chi connectivity index (χ1) is 9.51.